The van der Waals surface area contributed by atoms with Crippen molar-refractivity contribution in [1.82, 2.24) is 4.98 Å². The largest absolute Gasteiger partial charge is 0.306 e. The molecule has 5 heteroatoms. The molecule has 0 saturated heterocycles. The maximum absolute atomic E-state index is 12.9. The molecule has 0 bridgehead atoms. The second-order valence-corrected chi connectivity index (χ2v) is 4.62. The van der Waals surface area contributed by atoms with Crippen LogP contribution in [0.15, 0.2) is 40.9 Å². The minimum atomic E-state index is -0.625. The molecule has 3 nitrogen and oxygen atoms in total. The van der Waals surface area contributed by atoms with Crippen LogP contribution in [0.3, 0.4) is 0 Å². The fraction of sp³-hybridized carbons (Fsp3) is 0.0769. The van der Waals surface area contributed by atoms with Gasteiger partial charge in [0, 0.05) is 10.0 Å². The average molecular weight is 309 g/mol. The zero-order valence-electron chi connectivity index (χ0n) is 9.58. The van der Waals surface area contributed by atoms with Gasteiger partial charge in [0.15, 0.2) is 0 Å². The van der Waals surface area contributed by atoms with Gasteiger partial charge in [-0.2, -0.15) is 4.39 Å². The van der Waals surface area contributed by atoms with Gasteiger partial charge in [0.25, 0.3) is 5.91 Å². The second-order valence-electron chi connectivity index (χ2n) is 3.76. The summed E-state index contributed by atoms with van der Waals surface area (Å²) in [4.78, 5) is 15.5. The highest BCUT2D eigenvalue weighted by atomic mass is 79.9. The van der Waals surface area contributed by atoms with Crippen LogP contribution in [0, 0.1) is 12.9 Å². The lowest BCUT2D eigenvalue weighted by molar-refractivity contribution is 0.102. The Morgan fingerprint density at radius 2 is 2.11 bits per heavy atom. The van der Waals surface area contributed by atoms with Gasteiger partial charge in [-0.05, 0) is 42.8 Å². The standard InChI is InChI=1S/C13H10BrFN2O/c1-8-7-9(5-6-10(8)14)13(18)17-12-4-2-3-11(15)16-12/h2-7H,1H3,(H,16,17,18). The number of nitrogens with zero attached hydrogens (tertiary/aromatic N) is 1. The van der Waals surface area contributed by atoms with Gasteiger partial charge >= 0.3 is 0 Å². The first-order valence-electron chi connectivity index (χ1n) is 5.26. The smallest absolute Gasteiger partial charge is 0.256 e. The Labute approximate surface area is 112 Å². The summed E-state index contributed by atoms with van der Waals surface area (Å²) in [5.41, 5.74) is 1.46. The third kappa shape index (κ3) is 2.92. The molecule has 0 aliphatic heterocycles. The van der Waals surface area contributed by atoms with Crippen LogP contribution in [0.4, 0.5) is 10.2 Å². The van der Waals surface area contributed by atoms with E-state index in [0.29, 0.717) is 5.56 Å². The molecule has 1 N–H and O–H groups in total. The number of hydrogen-bond donors (Lipinski definition) is 1. The first-order valence-corrected chi connectivity index (χ1v) is 6.05. The molecule has 0 unspecified atom stereocenters. The van der Waals surface area contributed by atoms with E-state index >= 15 is 0 Å². The van der Waals surface area contributed by atoms with E-state index in [9.17, 15) is 9.18 Å². The lowest BCUT2D eigenvalue weighted by Gasteiger charge is -2.06. The van der Waals surface area contributed by atoms with Crippen LogP contribution in [0.1, 0.15) is 15.9 Å². The number of benzene rings is 1. The quantitative estimate of drug-likeness (QED) is 0.862. The van der Waals surface area contributed by atoms with E-state index in [-0.39, 0.29) is 11.7 Å². The summed E-state index contributed by atoms with van der Waals surface area (Å²) < 4.78 is 13.8. The zero-order valence-corrected chi connectivity index (χ0v) is 11.2. The Hall–Kier alpha value is -1.75. The molecule has 1 aromatic heterocycles. The van der Waals surface area contributed by atoms with Crippen LogP contribution < -0.4 is 5.32 Å². The number of aromatic nitrogens is 1. The van der Waals surface area contributed by atoms with E-state index in [4.69, 9.17) is 0 Å². The van der Waals surface area contributed by atoms with E-state index < -0.39 is 5.95 Å². The van der Waals surface area contributed by atoms with E-state index in [1.807, 2.05) is 6.92 Å². The molecule has 92 valence electrons. The number of rotatable bonds is 2. The van der Waals surface area contributed by atoms with Crippen molar-refractivity contribution in [2.24, 2.45) is 0 Å². The Bertz CT molecular complexity index is 601. The van der Waals surface area contributed by atoms with Crippen molar-refractivity contribution in [3.05, 3.63) is 57.9 Å². The van der Waals surface area contributed by atoms with Gasteiger partial charge in [-0.1, -0.05) is 22.0 Å². The molecule has 18 heavy (non-hydrogen) atoms. The topological polar surface area (TPSA) is 42.0 Å². The highest BCUT2D eigenvalue weighted by Crippen LogP contribution is 2.17. The van der Waals surface area contributed by atoms with E-state index in [1.165, 1.54) is 18.2 Å². The summed E-state index contributed by atoms with van der Waals surface area (Å²) in [6, 6.07) is 9.48. The molecule has 0 aliphatic rings. The van der Waals surface area contributed by atoms with Gasteiger partial charge in [0.05, 0.1) is 0 Å². The van der Waals surface area contributed by atoms with Gasteiger partial charge in [-0.15, -0.1) is 0 Å². The highest BCUT2D eigenvalue weighted by molar-refractivity contribution is 9.10. The zero-order chi connectivity index (χ0) is 13.1. The number of carbonyl (C=O) groups is 1. The van der Waals surface area contributed by atoms with Crippen molar-refractivity contribution in [2.45, 2.75) is 6.92 Å². The SMILES string of the molecule is Cc1cc(C(=O)Nc2cccc(F)n2)ccc1Br. The Kier molecular flexibility index (Phi) is 3.72. The van der Waals surface area contributed by atoms with Crippen molar-refractivity contribution in [1.29, 1.82) is 0 Å². The maximum Gasteiger partial charge on any atom is 0.256 e. The van der Waals surface area contributed by atoms with Gasteiger partial charge in [-0.3, -0.25) is 4.79 Å². The molecule has 0 aliphatic carbocycles. The van der Waals surface area contributed by atoms with Gasteiger partial charge in [0.2, 0.25) is 5.95 Å². The summed E-state index contributed by atoms with van der Waals surface area (Å²) in [5, 5.41) is 2.54. The normalized spacial score (nSPS) is 10.2. The summed E-state index contributed by atoms with van der Waals surface area (Å²) in [7, 11) is 0. The van der Waals surface area contributed by atoms with Crippen molar-refractivity contribution in [3.63, 3.8) is 0 Å². The number of halogens is 2. The number of aryl methyl sites for hydroxylation is 1. The van der Waals surface area contributed by atoms with Crippen molar-refractivity contribution in [2.75, 3.05) is 5.32 Å². The average Bonchev–Trinajstić information content (AvgIpc) is 2.32. The minimum absolute atomic E-state index is 0.195. The molecule has 2 aromatic rings. The number of amides is 1. The van der Waals surface area contributed by atoms with Gasteiger partial charge in [-0.25, -0.2) is 4.98 Å². The van der Waals surface area contributed by atoms with Crippen molar-refractivity contribution >= 4 is 27.7 Å². The summed E-state index contributed by atoms with van der Waals surface area (Å²) >= 11 is 3.36. The molecular formula is C13H10BrFN2O. The Balaban J connectivity index is 2.19. The highest BCUT2D eigenvalue weighted by Gasteiger charge is 2.08. The van der Waals surface area contributed by atoms with Crippen LogP contribution in [-0.4, -0.2) is 10.9 Å². The van der Waals surface area contributed by atoms with E-state index in [1.54, 1.807) is 18.2 Å². The van der Waals surface area contributed by atoms with Crippen molar-refractivity contribution < 1.29 is 9.18 Å². The lowest BCUT2D eigenvalue weighted by Crippen LogP contribution is -2.13. The molecule has 1 amide bonds. The number of carbonyl (C=O) groups excluding carboxylic acids is 1. The molecule has 1 heterocycles. The number of pyridine rings is 1. The molecule has 0 spiro atoms. The van der Waals surface area contributed by atoms with Gasteiger partial charge in [0.1, 0.15) is 5.82 Å². The summed E-state index contributed by atoms with van der Waals surface area (Å²) in [6.45, 7) is 1.89. The fourth-order valence-corrected chi connectivity index (χ4v) is 1.70. The number of anilines is 1. The minimum Gasteiger partial charge on any atom is -0.306 e. The third-order valence-electron chi connectivity index (χ3n) is 2.38. The number of hydrogen-bond acceptors (Lipinski definition) is 2. The third-order valence-corrected chi connectivity index (χ3v) is 3.27. The number of nitrogens with one attached hydrogen (secondary N) is 1. The Morgan fingerprint density at radius 1 is 1.33 bits per heavy atom. The Morgan fingerprint density at radius 3 is 2.78 bits per heavy atom. The summed E-state index contributed by atoms with van der Waals surface area (Å²) in [6.07, 6.45) is 0. The molecular weight excluding hydrogens is 299 g/mol. The monoisotopic (exact) mass is 308 g/mol. The van der Waals surface area contributed by atoms with Crippen LogP contribution in [0.5, 0.6) is 0 Å². The lowest BCUT2D eigenvalue weighted by atomic mass is 10.1. The van der Waals surface area contributed by atoms with Crippen molar-refractivity contribution in [3.8, 4) is 0 Å². The molecule has 0 radical (unpaired) electrons. The van der Waals surface area contributed by atoms with Crippen LogP contribution in [0.25, 0.3) is 0 Å². The predicted molar refractivity (Wildman–Crippen MR) is 71.0 cm³/mol. The molecule has 2 rings (SSSR count). The van der Waals surface area contributed by atoms with Crippen LogP contribution >= 0.6 is 15.9 Å². The fourth-order valence-electron chi connectivity index (χ4n) is 1.45. The van der Waals surface area contributed by atoms with E-state index in [0.717, 1.165) is 10.0 Å². The first-order chi connectivity index (χ1) is 8.56. The predicted octanol–water partition coefficient (Wildman–Crippen LogP) is 3.54. The van der Waals surface area contributed by atoms with E-state index in [2.05, 4.69) is 26.2 Å². The maximum atomic E-state index is 12.9. The molecule has 0 atom stereocenters. The first kappa shape index (κ1) is 12.7. The van der Waals surface area contributed by atoms with Crippen LogP contribution in [-0.2, 0) is 0 Å². The second kappa shape index (κ2) is 5.27. The van der Waals surface area contributed by atoms with Gasteiger partial charge < -0.3 is 5.32 Å². The molecule has 0 saturated carbocycles. The molecule has 0 fully saturated rings. The summed E-state index contributed by atoms with van der Waals surface area (Å²) in [5.74, 6) is -0.746. The van der Waals surface area contributed by atoms with Crippen LogP contribution in [0.2, 0.25) is 0 Å². The molecule has 1 aromatic carbocycles.